The predicted octanol–water partition coefficient (Wildman–Crippen LogP) is 7.16. The molecule has 1 aliphatic rings. The standard InChI is InChI=1S/C19H17F2N3O2.C16H19N3O2/c20-19(21)26-17-7-6-16(24-11-15-9-22-13-23-10-15)8-18(17)25-12-14-4-2-1-3-5-14;1-20-15-5-4-14(6-16(15)21-10-12-2-3-12)19-9-13-7-17-11-18-8-13/h1-10,13,19,24H,11-12H2;4-8,11-12,19H,2-3,9-10H2,1H3. The van der Waals surface area contributed by atoms with Gasteiger partial charge in [-0.2, -0.15) is 8.78 Å². The minimum atomic E-state index is -2.92. The van der Waals surface area contributed by atoms with Gasteiger partial charge < -0.3 is 29.6 Å². The minimum absolute atomic E-state index is 0.00970. The van der Waals surface area contributed by atoms with E-state index < -0.39 is 6.61 Å². The summed E-state index contributed by atoms with van der Waals surface area (Å²) in [5, 5.41) is 6.52. The first kappa shape index (κ1) is 32.9. The molecule has 5 aromatic rings. The molecule has 0 unspecified atom stereocenters. The fourth-order valence-corrected chi connectivity index (χ4v) is 4.30. The maximum Gasteiger partial charge on any atom is 0.387 e. The summed E-state index contributed by atoms with van der Waals surface area (Å²) >= 11 is 0. The molecular weight excluding hydrogens is 606 g/mol. The molecule has 0 radical (unpaired) electrons. The Morgan fingerprint density at radius 2 is 1.23 bits per heavy atom. The lowest BCUT2D eigenvalue weighted by molar-refractivity contribution is -0.0515. The first-order valence-corrected chi connectivity index (χ1v) is 15.1. The Morgan fingerprint density at radius 3 is 1.77 bits per heavy atom. The molecule has 2 aromatic heterocycles. The number of methoxy groups -OCH3 is 1. The van der Waals surface area contributed by atoms with Crippen molar-refractivity contribution < 1.29 is 27.7 Å². The van der Waals surface area contributed by atoms with Crippen LogP contribution in [0.5, 0.6) is 23.0 Å². The molecule has 0 amide bonds. The van der Waals surface area contributed by atoms with Crippen LogP contribution >= 0.6 is 0 Å². The van der Waals surface area contributed by atoms with E-state index >= 15 is 0 Å². The number of benzene rings is 3. The summed E-state index contributed by atoms with van der Waals surface area (Å²) < 4.78 is 46.7. The van der Waals surface area contributed by atoms with Gasteiger partial charge in [-0.3, -0.25) is 0 Å². The van der Waals surface area contributed by atoms with Gasteiger partial charge in [0.2, 0.25) is 0 Å². The fraction of sp³-hybridized carbons (Fsp3) is 0.257. The molecule has 12 heteroatoms. The van der Waals surface area contributed by atoms with Crippen LogP contribution in [0.4, 0.5) is 20.2 Å². The van der Waals surface area contributed by atoms with Gasteiger partial charge in [0.05, 0.1) is 13.7 Å². The van der Waals surface area contributed by atoms with E-state index in [1.807, 2.05) is 48.5 Å². The molecule has 6 rings (SSSR count). The first-order chi connectivity index (χ1) is 23.1. The molecule has 0 atom stereocenters. The molecule has 1 aliphatic carbocycles. The highest BCUT2D eigenvalue weighted by Crippen LogP contribution is 2.35. The Bertz CT molecular complexity index is 1650. The van der Waals surface area contributed by atoms with Gasteiger partial charge in [-0.25, -0.2) is 19.9 Å². The number of halogens is 2. The fourth-order valence-electron chi connectivity index (χ4n) is 4.30. The summed E-state index contributed by atoms with van der Waals surface area (Å²) in [6.07, 6.45) is 12.5. The SMILES string of the molecule is COc1ccc(NCc2cncnc2)cc1OCC1CC1.FC(F)Oc1ccc(NCc2cncnc2)cc1OCc1ccccc1. The Hall–Kier alpha value is -5.52. The zero-order valence-corrected chi connectivity index (χ0v) is 25.9. The Balaban J connectivity index is 0.000000189. The summed E-state index contributed by atoms with van der Waals surface area (Å²) in [4.78, 5) is 15.9. The van der Waals surface area contributed by atoms with Crippen LogP contribution in [-0.2, 0) is 19.7 Å². The number of hydrogen-bond donors (Lipinski definition) is 2. The van der Waals surface area contributed by atoms with Gasteiger partial charge in [0.15, 0.2) is 23.0 Å². The van der Waals surface area contributed by atoms with Crippen molar-refractivity contribution in [3.05, 3.63) is 121 Å². The number of rotatable bonds is 15. The molecule has 244 valence electrons. The number of anilines is 2. The van der Waals surface area contributed by atoms with Crippen molar-refractivity contribution in [2.75, 3.05) is 24.4 Å². The van der Waals surface area contributed by atoms with E-state index in [0.29, 0.717) is 24.7 Å². The average molecular weight is 643 g/mol. The van der Waals surface area contributed by atoms with Crippen molar-refractivity contribution >= 4 is 11.4 Å². The van der Waals surface area contributed by atoms with Crippen molar-refractivity contribution in [2.24, 2.45) is 5.92 Å². The quantitative estimate of drug-likeness (QED) is 0.122. The van der Waals surface area contributed by atoms with Crippen molar-refractivity contribution in [1.82, 2.24) is 19.9 Å². The van der Waals surface area contributed by atoms with E-state index in [2.05, 4.69) is 35.3 Å². The second-order valence-corrected chi connectivity index (χ2v) is 10.6. The lowest BCUT2D eigenvalue weighted by Gasteiger charge is -2.14. The molecule has 0 bridgehead atoms. The van der Waals surface area contributed by atoms with Gasteiger partial charge in [-0.15, -0.1) is 0 Å². The molecule has 0 aliphatic heterocycles. The number of nitrogens with zero attached hydrogens (tertiary/aromatic N) is 4. The molecular formula is C35H36F2N6O4. The second kappa shape index (κ2) is 17.2. The van der Waals surface area contributed by atoms with E-state index in [-0.39, 0.29) is 18.1 Å². The molecule has 2 heterocycles. The van der Waals surface area contributed by atoms with Crippen LogP contribution in [0, 0.1) is 5.92 Å². The highest BCUT2D eigenvalue weighted by molar-refractivity contribution is 5.56. The third-order valence-corrected chi connectivity index (χ3v) is 6.95. The summed E-state index contributed by atoms with van der Waals surface area (Å²) in [7, 11) is 1.66. The van der Waals surface area contributed by atoms with Crippen LogP contribution in [0.15, 0.2) is 104 Å². The van der Waals surface area contributed by atoms with Gasteiger partial charge >= 0.3 is 6.61 Å². The van der Waals surface area contributed by atoms with E-state index in [9.17, 15) is 8.78 Å². The van der Waals surface area contributed by atoms with Crippen LogP contribution in [0.25, 0.3) is 0 Å². The lowest BCUT2D eigenvalue weighted by atomic mass is 10.2. The summed E-state index contributed by atoms with van der Waals surface area (Å²) in [6.45, 7) is -0.735. The van der Waals surface area contributed by atoms with Crippen molar-refractivity contribution in [1.29, 1.82) is 0 Å². The molecule has 47 heavy (non-hydrogen) atoms. The molecule has 0 spiro atoms. The van der Waals surface area contributed by atoms with Gasteiger partial charge in [-0.05, 0) is 48.6 Å². The second-order valence-electron chi connectivity index (χ2n) is 10.6. The zero-order valence-electron chi connectivity index (χ0n) is 25.9. The highest BCUT2D eigenvalue weighted by atomic mass is 19.3. The number of hydrogen-bond acceptors (Lipinski definition) is 10. The van der Waals surface area contributed by atoms with E-state index in [1.54, 1.807) is 44.0 Å². The van der Waals surface area contributed by atoms with E-state index in [4.69, 9.17) is 14.2 Å². The monoisotopic (exact) mass is 642 g/mol. The van der Waals surface area contributed by atoms with Gasteiger partial charge in [0, 0.05) is 72.5 Å². The third-order valence-electron chi connectivity index (χ3n) is 6.95. The molecule has 0 saturated heterocycles. The zero-order chi connectivity index (χ0) is 32.7. The minimum Gasteiger partial charge on any atom is -0.493 e. The van der Waals surface area contributed by atoms with Crippen LogP contribution in [0.2, 0.25) is 0 Å². The van der Waals surface area contributed by atoms with Crippen LogP contribution in [0.3, 0.4) is 0 Å². The first-order valence-electron chi connectivity index (χ1n) is 15.1. The number of aromatic nitrogens is 4. The molecule has 1 saturated carbocycles. The topological polar surface area (TPSA) is 113 Å². The van der Waals surface area contributed by atoms with Crippen molar-refractivity contribution in [2.45, 2.75) is 39.1 Å². The van der Waals surface area contributed by atoms with Crippen LogP contribution in [-0.4, -0.2) is 40.3 Å². The average Bonchev–Trinajstić information content (AvgIpc) is 3.95. The predicted molar refractivity (Wildman–Crippen MR) is 174 cm³/mol. The largest absolute Gasteiger partial charge is 0.493 e. The summed E-state index contributed by atoms with van der Waals surface area (Å²) in [5.74, 6) is 2.50. The van der Waals surface area contributed by atoms with E-state index in [1.165, 1.54) is 31.6 Å². The molecule has 2 N–H and O–H groups in total. The third kappa shape index (κ3) is 11.1. The molecule has 3 aromatic carbocycles. The van der Waals surface area contributed by atoms with Gasteiger partial charge in [-0.1, -0.05) is 30.3 Å². The Morgan fingerprint density at radius 1 is 0.681 bits per heavy atom. The van der Waals surface area contributed by atoms with Gasteiger partial charge in [0.1, 0.15) is 19.3 Å². The Kier molecular flexibility index (Phi) is 12.1. The lowest BCUT2D eigenvalue weighted by Crippen LogP contribution is -2.06. The van der Waals surface area contributed by atoms with Gasteiger partial charge in [0.25, 0.3) is 0 Å². The normalized spacial score (nSPS) is 12.0. The number of alkyl halides is 2. The maximum atomic E-state index is 12.6. The van der Waals surface area contributed by atoms with Crippen LogP contribution < -0.4 is 29.6 Å². The Labute approximate surface area is 272 Å². The van der Waals surface area contributed by atoms with Crippen molar-refractivity contribution in [3.63, 3.8) is 0 Å². The van der Waals surface area contributed by atoms with Crippen LogP contribution in [0.1, 0.15) is 29.5 Å². The summed E-state index contributed by atoms with van der Waals surface area (Å²) in [5.41, 5.74) is 4.56. The van der Waals surface area contributed by atoms with Crippen molar-refractivity contribution in [3.8, 4) is 23.0 Å². The summed E-state index contributed by atoms with van der Waals surface area (Å²) in [6, 6.07) is 20.1. The smallest absolute Gasteiger partial charge is 0.387 e. The number of nitrogens with one attached hydrogen (secondary N) is 2. The number of ether oxygens (including phenoxy) is 4. The maximum absolute atomic E-state index is 12.6. The molecule has 10 nitrogen and oxygen atoms in total. The van der Waals surface area contributed by atoms with E-state index in [0.717, 1.165) is 40.5 Å². The highest BCUT2D eigenvalue weighted by Gasteiger charge is 2.22. The molecule has 1 fully saturated rings.